The second-order valence-corrected chi connectivity index (χ2v) is 22.2. The SMILES string of the molecule is O=C(CCCCC(=O)NNc1nc(O)nc(Nc2cc(SOOONCO)cc3cc(S(=O)(=O)[O-])c(N=Nc4ccc(C(=O)[O-])cc4)c(O)c23)n1)NNc1nc(O)nc(Nc2cc(S(=O)(=O)ONCO)cc3cc(SOO[O-])c(N=Nc4ccc(C(=O)[O-])cc4)c(O)c23)n1.[Na+].[Na+].[Na+].[Na+]. The molecule has 0 atom stereocenters. The van der Waals surface area contributed by atoms with Crippen molar-refractivity contribution in [3.05, 3.63) is 96.1 Å². The van der Waals surface area contributed by atoms with Crippen LogP contribution < -0.4 is 177 Å². The number of hydrogen-bond donors (Lipinski definition) is 14. The average Bonchev–Trinajstić information content (AvgIpc) is 0.761. The van der Waals surface area contributed by atoms with Gasteiger partial charge >= 0.3 is 140 Å². The zero-order valence-electron chi connectivity index (χ0n) is 50.5. The molecule has 0 radical (unpaired) electrons. The number of azo groups is 2. The Labute approximate surface area is 645 Å². The van der Waals surface area contributed by atoms with E-state index in [-0.39, 0.29) is 221 Å². The number of nitrogens with one attached hydrogen (secondary N) is 8. The smallest absolute Gasteiger partial charge is 0.744 e. The maximum atomic E-state index is 13.2. The number of phenols is 2. The van der Waals surface area contributed by atoms with Crippen molar-refractivity contribution in [1.82, 2.24) is 51.7 Å². The zero-order valence-corrected chi connectivity index (χ0v) is 61.7. The van der Waals surface area contributed by atoms with Gasteiger partial charge in [0.25, 0.3) is 0 Å². The molecule has 2 amide bonds. The van der Waals surface area contributed by atoms with Gasteiger partial charge in [0.1, 0.15) is 35.0 Å². The van der Waals surface area contributed by atoms with Crippen LogP contribution in [-0.2, 0) is 57.8 Å². The van der Waals surface area contributed by atoms with E-state index in [0.717, 1.165) is 42.5 Å². The van der Waals surface area contributed by atoms with E-state index < -0.39 is 126 Å². The first-order valence-corrected chi connectivity index (χ1v) is 29.8. The number of aromatic nitrogens is 6. The number of hydroxylamine groups is 2. The van der Waals surface area contributed by atoms with E-state index in [4.69, 9.17) is 14.5 Å². The number of hydrogen-bond acceptors (Lipinski definition) is 42. The molecule has 0 bridgehead atoms. The summed E-state index contributed by atoms with van der Waals surface area (Å²) in [6.07, 6.45) is -0.324. The minimum Gasteiger partial charge on any atom is -0.744 e. The summed E-state index contributed by atoms with van der Waals surface area (Å²) in [6, 6.07) is 13.8. The first-order chi connectivity index (χ1) is 44.9. The number of anilines is 6. The van der Waals surface area contributed by atoms with E-state index in [1.54, 1.807) is 5.48 Å². The number of fused-ring (bicyclic) bond motifs is 2. The van der Waals surface area contributed by atoms with Crippen LogP contribution in [0.25, 0.3) is 21.5 Å². The van der Waals surface area contributed by atoms with Gasteiger partial charge in [-0.05, 0) is 100 Å². The topological polar surface area (TPSA) is 629 Å². The van der Waals surface area contributed by atoms with Crippen LogP contribution in [0, 0.1) is 0 Å². The number of phenolic OH excluding ortho intramolecular Hbond substituents is 2. The number of carbonyl (C=O) groups excluding carboxylic acids is 4. The standard InChI is InChI=1S/C48H44N18O24S4.4Na/c67-19-49-85-88-90-91-27-13-23-16-32(93(80,81)82)38(64-60-26-11-7-22(8-12-26)42(75)76)40(72)35(23)29(17-27)51-43-53-45(57-47(77)55-43)65-61-33(69)3-1-2-4-34(70)62-66-46-54-44(56-48(78)58-46)52-30-18-28(94(83,84)86-50-20-68)14-24-15-31(92-89-87-79)37(39(71)36(24)30)63-59-25-9-5-21(6-10-25)41(73)74;;;;/h5-18,49-50,67-68,71-72,79H,1-4,19-20H2,(H,61,69)(H,62,70)(H,73,74)(H,75,76)(H,80,81,82)(H3,51,53,55,57,65,77)(H3,52,54,56,58,66,78);;;;/q;4*+1/p-4. The maximum absolute atomic E-state index is 13.2. The number of amides is 2. The Balaban J connectivity index is 0.00000510. The van der Waals surface area contributed by atoms with Crippen molar-refractivity contribution in [1.29, 1.82) is 0 Å². The van der Waals surface area contributed by atoms with Gasteiger partial charge in [0.15, 0.2) is 11.5 Å². The molecule has 0 spiro atoms. The van der Waals surface area contributed by atoms with E-state index in [0.29, 0.717) is 12.0 Å². The first-order valence-electron chi connectivity index (χ1n) is 25.5. The van der Waals surface area contributed by atoms with Gasteiger partial charge in [-0.2, -0.15) is 62.6 Å². The number of aromatic hydroxyl groups is 4. The van der Waals surface area contributed by atoms with Crippen LogP contribution in [0.3, 0.4) is 0 Å². The Morgan fingerprint density at radius 1 is 0.561 bits per heavy atom. The van der Waals surface area contributed by atoms with Crippen LogP contribution in [0.2, 0.25) is 0 Å². The van der Waals surface area contributed by atoms with E-state index in [1.807, 2.05) is 5.48 Å². The summed E-state index contributed by atoms with van der Waals surface area (Å²) in [6.45, 7) is -1.65. The molecule has 50 heteroatoms. The molecule has 0 saturated carbocycles. The third-order valence-electron chi connectivity index (χ3n) is 11.7. The number of carboxylic acid groups (broad SMARTS) is 2. The van der Waals surface area contributed by atoms with Gasteiger partial charge in [0.05, 0.1) is 73.5 Å². The molecule has 14 N–H and O–H groups in total. The van der Waals surface area contributed by atoms with Gasteiger partial charge in [-0.3, -0.25) is 36.3 Å². The van der Waals surface area contributed by atoms with Gasteiger partial charge in [0, 0.05) is 28.5 Å². The molecule has 2 heterocycles. The fourth-order valence-electron chi connectivity index (χ4n) is 7.76. The molecule has 0 aliphatic heterocycles. The van der Waals surface area contributed by atoms with Crippen molar-refractivity contribution in [3.63, 3.8) is 0 Å². The van der Waals surface area contributed by atoms with Crippen molar-refractivity contribution >= 4 is 148 Å². The summed E-state index contributed by atoms with van der Waals surface area (Å²) in [5.41, 5.74) is 10.7. The number of carboxylic acids is 2. The molecule has 98 heavy (non-hydrogen) atoms. The number of unbranched alkanes of at least 4 members (excludes halogenated alkanes) is 1. The molecule has 8 rings (SSSR count). The molecular weight excluding hydrogens is 1430 g/mol. The summed E-state index contributed by atoms with van der Waals surface area (Å²) in [7, 11) is -10.2. The number of hydrazine groups is 2. The van der Waals surface area contributed by atoms with E-state index in [1.165, 1.54) is 42.5 Å². The summed E-state index contributed by atoms with van der Waals surface area (Å²) in [5.74, 6) is -8.17. The van der Waals surface area contributed by atoms with E-state index in [9.17, 15) is 76.5 Å². The number of rotatable bonds is 33. The number of aliphatic hydroxyl groups is 2. The summed E-state index contributed by atoms with van der Waals surface area (Å²) in [5, 5.41) is 124. The number of aromatic carboxylic acids is 2. The molecule has 0 saturated heterocycles. The quantitative estimate of drug-likeness (QED) is 0.00265. The fourth-order valence-corrected chi connectivity index (χ4v) is 10.2. The minimum absolute atomic E-state index is 0. The van der Waals surface area contributed by atoms with Crippen molar-refractivity contribution in [2.45, 2.75) is 45.3 Å². The summed E-state index contributed by atoms with van der Waals surface area (Å²) >= 11 is 0.629. The van der Waals surface area contributed by atoms with Crippen molar-refractivity contribution < 1.29 is 233 Å². The molecule has 6 aromatic carbocycles. The molecule has 8 aromatic rings. The van der Waals surface area contributed by atoms with Crippen molar-refractivity contribution in [2.24, 2.45) is 20.5 Å². The van der Waals surface area contributed by atoms with Crippen LogP contribution in [0.4, 0.5) is 57.9 Å². The van der Waals surface area contributed by atoms with Crippen LogP contribution in [0.15, 0.2) is 125 Å². The van der Waals surface area contributed by atoms with Gasteiger partial charge < -0.3 is 70.9 Å². The molecule has 0 aliphatic carbocycles. The minimum atomic E-state index is -5.44. The number of benzene rings is 6. The Bertz CT molecular complexity index is 4480. The molecule has 2 aromatic heterocycles. The molecule has 42 nitrogen and oxygen atoms in total. The number of carbonyl (C=O) groups is 4. The van der Waals surface area contributed by atoms with Crippen molar-refractivity contribution in [2.75, 3.05) is 34.9 Å². The van der Waals surface area contributed by atoms with Crippen LogP contribution in [0.1, 0.15) is 46.4 Å². The van der Waals surface area contributed by atoms with Gasteiger partial charge in [0.2, 0.25) is 35.6 Å². The second kappa shape index (κ2) is 39.5. The van der Waals surface area contributed by atoms with Crippen LogP contribution >= 0.6 is 24.1 Å². The number of aliphatic hydroxyl groups excluding tert-OH is 2. The Morgan fingerprint density at radius 2 is 1.04 bits per heavy atom. The van der Waals surface area contributed by atoms with Crippen LogP contribution in [0.5, 0.6) is 23.5 Å². The Hall–Kier alpha value is -6.54. The second-order valence-electron chi connectivity index (χ2n) is 17.8. The Kier molecular flexibility index (Phi) is 33.8. The monoisotopic (exact) mass is 1470 g/mol. The zero-order chi connectivity index (χ0) is 67.7. The summed E-state index contributed by atoms with van der Waals surface area (Å²) in [4.78, 5) is 73.8. The number of nitrogens with zero attached hydrogens (tertiary/aromatic N) is 10. The van der Waals surface area contributed by atoms with Crippen LogP contribution in [-0.4, -0.2) is 119 Å². The average molecular weight is 1470 g/mol. The molecular formula is C48H40N18Na4O24S4. The third-order valence-corrected chi connectivity index (χ3v) is 14.8. The normalized spacial score (nSPS) is 11.3. The summed E-state index contributed by atoms with van der Waals surface area (Å²) < 4.78 is 78.0. The fraction of sp³-hybridized carbons (Fsp3) is 0.125. The molecule has 0 unspecified atom stereocenters. The van der Waals surface area contributed by atoms with Crippen molar-refractivity contribution in [3.8, 4) is 23.5 Å². The molecule has 0 fully saturated rings. The third kappa shape index (κ3) is 23.5. The van der Waals surface area contributed by atoms with E-state index >= 15 is 0 Å². The molecule has 494 valence electrons. The predicted molar refractivity (Wildman–Crippen MR) is 306 cm³/mol. The van der Waals surface area contributed by atoms with E-state index in [2.05, 4.69) is 106 Å². The molecule has 0 aliphatic rings. The Morgan fingerprint density at radius 3 is 1.53 bits per heavy atom. The first kappa shape index (κ1) is 83.9. The van der Waals surface area contributed by atoms with Gasteiger partial charge in [-0.25, -0.2) is 8.42 Å². The maximum Gasteiger partial charge on any atom is 1.00 e. The van der Waals surface area contributed by atoms with Gasteiger partial charge in [-0.15, -0.1) is 25.0 Å². The largest absolute Gasteiger partial charge is 1.00 e. The predicted octanol–water partition coefficient (Wildman–Crippen LogP) is -11.0. The van der Waals surface area contributed by atoms with Gasteiger partial charge in [-0.1, -0.05) is 24.3 Å².